The topological polar surface area (TPSA) is 72.2 Å². The fraction of sp³-hybridized carbons (Fsp3) is 1.00. The smallest absolute Gasteiger partial charge is 0.211 e. The van der Waals surface area contributed by atoms with Crippen LogP contribution in [0.1, 0.15) is 32.1 Å². The Labute approximate surface area is 103 Å². The summed E-state index contributed by atoms with van der Waals surface area (Å²) >= 11 is 1.76. The van der Waals surface area contributed by atoms with Crippen molar-refractivity contribution in [3.05, 3.63) is 0 Å². The van der Waals surface area contributed by atoms with Gasteiger partial charge in [-0.2, -0.15) is 11.8 Å². The van der Waals surface area contributed by atoms with E-state index < -0.39 is 10.0 Å². The number of rotatable bonds is 7. The highest BCUT2D eigenvalue weighted by Crippen LogP contribution is 2.28. The molecule has 0 aromatic carbocycles. The molecule has 96 valence electrons. The monoisotopic (exact) mass is 266 g/mol. The fourth-order valence-electron chi connectivity index (χ4n) is 2.07. The van der Waals surface area contributed by atoms with Gasteiger partial charge in [-0.05, 0) is 38.5 Å². The van der Waals surface area contributed by atoms with Gasteiger partial charge in [0.05, 0.1) is 5.75 Å². The van der Waals surface area contributed by atoms with E-state index in [0.717, 1.165) is 25.7 Å². The molecule has 2 atom stereocenters. The molecule has 4 nitrogen and oxygen atoms in total. The van der Waals surface area contributed by atoms with Crippen molar-refractivity contribution in [2.75, 3.05) is 18.6 Å². The Morgan fingerprint density at radius 2 is 2.12 bits per heavy atom. The van der Waals surface area contributed by atoms with Crippen LogP contribution < -0.4 is 10.5 Å². The van der Waals surface area contributed by atoms with Crippen LogP contribution in [-0.4, -0.2) is 38.3 Å². The first-order chi connectivity index (χ1) is 7.59. The molecule has 0 aromatic heterocycles. The van der Waals surface area contributed by atoms with Gasteiger partial charge in [0.1, 0.15) is 0 Å². The Kier molecular flexibility index (Phi) is 6.10. The van der Waals surface area contributed by atoms with E-state index in [1.165, 1.54) is 0 Å². The molecule has 0 amide bonds. The summed E-state index contributed by atoms with van der Waals surface area (Å²) in [6, 6.07) is 0.137. The number of hydrogen-bond acceptors (Lipinski definition) is 4. The SMILES string of the molecule is CSC1CCCC1NS(=O)(=O)CCCCN. The van der Waals surface area contributed by atoms with E-state index >= 15 is 0 Å². The summed E-state index contributed by atoms with van der Waals surface area (Å²) in [6.07, 6.45) is 6.70. The van der Waals surface area contributed by atoms with Crippen molar-refractivity contribution < 1.29 is 8.42 Å². The van der Waals surface area contributed by atoms with Crippen molar-refractivity contribution in [2.45, 2.75) is 43.4 Å². The van der Waals surface area contributed by atoms with Crippen LogP contribution in [0, 0.1) is 0 Å². The second-order valence-electron chi connectivity index (χ2n) is 4.24. The lowest BCUT2D eigenvalue weighted by Gasteiger charge is -2.19. The molecule has 1 rings (SSSR count). The zero-order chi connectivity index (χ0) is 12.0. The Bertz CT molecular complexity index is 293. The van der Waals surface area contributed by atoms with Crippen molar-refractivity contribution in [1.82, 2.24) is 4.72 Å². The Morgan fingerprint density at radius 1 is 1.38 bits per heavy atom. The maximum atomic E-state index is 11.8. The Hall–Kier alpha value is 0.220. The van der Waals surface area contributed by atoms with Crippen LogP contribution in [0.4, 0.5) is 0 Å². The molecule has 0 heterocycles. The third-order valence-electron chi connectivity index (χ3n) is 2.95. The molecule has 0 spiro atoms. The normalized spacial score (nSPS) is 26.1. The molecule has 0 saturated heterocycles. The summed E-state index contributed by atoms with van der Waals surface area (Å²) in [5.41, 5.74) is 5.35. The third kappa shape index (κ3) is 4.61. The second-order valence-corrected chi connectivity index (χ2v) is 7.19. The van der Waals surface area contributed by atoms with Gasteiger partial charge in [0.15, 0.2) is 0 Å². The molecule has 1 saturated carbocycles. The highest BCUT2D eigenvalue weighted by Gasteiger charge is 2.29. The van der Waals surface area contributed by atoms with Gasteiger partial charge >= 0.3 is 0 Å². The van der Waals surface area contributed by atoms with Crippen LogP contribution in [-0.2, 0) is 10.0 Å². The molecule has 2 unspecified atom stereocenters. The molecule has 0 radical (unpaired) electrons. The quantitative estimate of drug-likeness (QED) is 0.672. The van der Waals surface area contributed by atoms with Crippen LogP contribution >= 0.6 is 11.8 Å². The Balaban J connectivity index is 2.39. The van der Waals surface area contributed by atoms with Gasteiger partial charge in [-0.3, -0.25) is 0 Å². The molecule has 0 aliphatic heterocycles. The zero-order valence-corrected chi connectivity index (χ0v) is 11.4. The van der Waals surface area contributed by atoms with Gasteiger partial charge in [-0.1, -0.05) is 6.42 Å². The van der Waals surface area contributed by atoms with Crippen molar-refractivity contribution >= 4 is 21.8 Å². The van der Waals surface area contributed by atoms with Gasteiger partial charge in [0.2, 0.25) is 10.0 Å². The highest BCUT2D eigenvalue weighted by atomic mass is 32.2. The van der Waals surface area contributed by atoms with E-state index in [1.807, 2.05) is 6.26 Å². The summed E-state index contributed by atoms with van der Waals surface area (Å²) in [5.74, 6) is 0.210. The van der Waals surface area contributed by atoms with E-state index in [-0.39, 0.29) is 11.8 Å². The largest absolute Gasteiger partial charge is 0.330 e. The lowest BCUT2D eigenvalue weighted by molar-refractivity contribution is 0.552. The van der Waals surface area contributed by atoms with E-state index in [0.29, 0.717) is 18.2 Å². The summed E-state index contributed by atoms with van der Waals surface area (Å²) < 4.78 is 26.3. The van der Waals surface area contributed by atoms with Crippen molar-refractivity contribution in [3.8, 4) is 0 Å². The molecule has 1 aliphatic rings. The number of hydrogen-bond donors (Lipinski definition) is 2. The molecule has 3 N–H and O–H groups in total. The van der Waals surface area contributed by atoms with Crippen LogP contribution in [0.2, 0.25) is 0 Å². The summed E-state index contributed by atoms with van der Waals surface area (Å²) in [5, 5.41) is 0.448. The van der Waals surface area contributed by atoms with Crippen LogP contribution in [0.15, 0.2) is 0 Å². The third-order valence-corrected chi connectivity index (χ3v) is 5.61. The van der Waals surface area contributed by atoms with Crippen molar-refractivity contribution in [2.24, 2.45) is 5.73 Å². The second kappa shape index (κ2) is 6.83. The molecule has 6 heteroatoms. The van der Waals surface area contributed by atoms with Gasteiger partial charge in [-0.25, -0.2) is 13.1 Å². The first-order valence-corrected chi connectivity index (χ1v) is 8.76. The fourth-order valence-corrected chi connectivity index (χ4v) is 4.54. The number of unbranched alkanes of at least 4 members (excludes halogenated alkanes) is 1. The summed E-state index contributed by atoms with van der Waals surface area (Å²) in [4.78, 5) is 0. The first kappa shape index (κ1) is 14.3. The predicted molar refractivity (Wildman–Crippen MR) is 70.2 cm³/mol. The molecule has 1 aliphatic carbocycles. The lowest BCUT2D eigenvalue weighted by Crippen LogP contribution is -2.39. The molecular weight excluding hydrogens is 244 g/mol. The minimum Gasteiger partial charge on any atom is -0.330 e. The molecular formula is C10H22N2O2S2. The summed E-state index contributed by atoms with van der Waals surface area (Å²) in [6.45, 7) is 0.562. The number of thioether (sulfide) groups is 1. The van der Waals surface area contributed by atoms with Crippen LogP contribution in [0.25, 0.3) is 0 Å². The molecule has 1 fully saturated rings. The lowest BCUT2D eigenvalue weighted by atomic mass is 10.3. The first-order valence-electron chi connectivity index (χ1n) is 5.82. The molecule has 0 aromatic rings. The molecule has 0 bridgehead atoms. The summed E-state index contributed by atoms with van der Waals surface area (Å²) in [7, 11) is -3.10. The van der Waals surface area contributed by atoms with E-state index in [1.54, 1.807) is 11.8 Å². The number of nitrogens with two attached hydrogens (primary N) is 1. The van der Waals surface area contributed by atoms with Crippen LogP contribution in [0.5, 0.6) is 0 Å². The average molecular weight is 266 g/mol. The average Bonchev–Trinajstić information content (AvgIpc) is 2.64. The van der Waals surface area contributed by atoms with E-state index in [9.17, 15) is 8.42 Å². The van der Waals surface area contributed by atoms with Crippen molar-refractivity contribution in [1.29, 1.82) is 0 Å². The van der Waals surface area contributed by atoms with E-state index in [4.69, 9.17) is 5.73 Å². The van der Waals surface area contributed by atoms with E-state index in [2.05, 4.69) is 4.72 Å². The maximum Gasteiger partial charge on any atom is 0.211 e. The predicted octanol–water partition coefficient (Wildman–Crippen LogP) is 0.929. The van der Waals surface area contributed by atoms with Gasteiger partial charge in [0.25, 0.3) is 0 Å². The van der Waals surface area contributed by atoms with Gasteiger partial charge < -0.3 is 5.73 Å². The standard InChI is InChI=1S/C10H22N2O2S2/c1-15-10-6-4-5-9(10)12-16(13,14)8-3-2-7-11/h9-10,12H,2-8,11H2,1H3. The minimum atomic E-state index is -3.10. The van der Waals surface area contributed by atoms with Crippen molar-refractivity contribution in [3.63, 3.8) is 0 Å². The number of sulfonamides is 1. The maximum absolute atomic E-state index is 11.8. The highest BCUT2D eigenvalue weighted by molar-refractivity contribution is 7.99. The molecule has 16 heavy (non-hydrogen) atoms. The van der Waals surface area contributed by atoms with Gasteiger partial charge in [0, 0.05) is 11.3 Å². The number of nitrogens with one attached hydrogen (secondary N) is 1. The minimum absolute atomic E-state index is 0.137. The van der Waals surface area contributed by atoms with Gasteiger partial charge in [-0.15, -0.1) is 0 Å². The Morgan fingerprint density at radius 3 is 2.75 bits per heavy atom. The zero-order valence-electron chi connectivity index (χ0n) is 9.81. The van der Waals surface area contributed by atoms with Crippen LogP contribution in [0.3, 0.4) is 0 Å².